The van der Waals surface area contributed by atoms with Crippen LogP contribution in [0.15, 0.2) is 64.2 Å². The number of halogens is 1. The topological polar surface area (TPSA) is 32.6 Å². The van der Waals surface area contributed by atoms with Gasteiger partial charge in [-0.2, -0.15) is 0 Å². The van der Waals surface area contributed by atoms with Crippen LogP contribution in [-0.4, -0.2) is 10.9 Å². The minimum atomic E-state index is 0.203. The number of rotatable bonds is 4. The zero-order valence-corrected chi connectivity index (χ0v) is 12.3. The van der Waals surface area contributed by atoms with Crippen molar-refractivity contribution < 1.29 is 5.21 Å². The van der Waals surface area contributed by atoms with Gasteiger partial charge in [0.05, 0.1) is 5.71 Å². The molecule has 0 radical (unpaired) electrons. The molecule has 2 aromatic rings. The molecule has 2 nitrogen and oxygen atoms in total. The molecule has 0 spiro atoms. The van der Waals surface area contributed by atoms with E-state index in [0.717, 1.165) is 10.2 Å². The molecule has 0 fully saturated rings. The SMILES string of the molecule is C/C(CC(c1ccccc1)c1cccc(Br)c1)=N\O. The fourth-order valence-electron chi connectivity index (χ4n) is 2.17. The average molecular weight is 318 g/mol. The summed E-state index contributed by atoms with van der Waals surface area (Å²) in [5.74, 6) is 0.203. The standard InChI is InChI=1S/C16H16BrNO/c1-12(18-19)10-16(13-6-3-2-4-7-13)14-8-5-9-15(17)11-14/h2-9,11,16,19H,10H2,1H3/b18-12+. The smallest absolute Gasteiger partial charge is 0.0549 e. The molecule has 0 aliphatic heterocycles. The van der Waals surface area contributed by atoms with Gasteiger partial charge in [-0.15, -0.1) is 0 Å². The number of hydrogen-bond acceptors (Lipinski definition) is 2. The molecule has 0 aliphatic carbocycles. The maximum absolute atomic E-state index is 8.91. The lowest BCUT2D eigenvalue weighted by Gasteiger charge is -2.17. The zero-order chi connectivity index (χ0) is 13.7. The average Bonchev–Trinajstić information content (AvgIpc) is 2.45. The number of hydrogen-bond donors (Lipinski definition) is 1. The van der Waals surface area contributed by atoms with Crippen LogP contribution in [0.5, 0.6) is 0 Å². The normalized spacial score (nSPS) is 13.3. The summed E-state index contributed by atoms with van der Waals surface area (Å²) in [7, 11) is 0. The summed E-state index contributed by atoms with van der Waals surface area (Å²) in [6.07, 6.45) is 0.705. The van der Waals surface area contributed by atoms with Crippen LogP contribution in [0.25, 0.3) is 0 Å². The van der Waals surface area contributed by atoms with Crippen LogP contribution in [0.2, 0.25) is 0 Å². The zero-order valence-electron chi connectivity index (χ0n) is 10.8. The number of benzene rings is 2. The molecule has 2 aromatic carbocycles. The second kappa shape index (κ2) is 6.53. The Bertz CT molecular complexity index is 566. The molecule has 1 N–H and O–H groups in total. The summed E-state index contributed by atoms with van der Waals surface area (Å²) in [5.41, 5.74) is 3.17. The Balaban J connectivity index is 2.40. The van der Waals surface area contributed by atoms with Gasteiger partial charge in [-0.05, 0) is 36.6 Å². The van der Waals surface area contributed by atoms with E-state index < -0.39 is 0 Å². The highest BCUT2D eigenvalue weighted by Gasteiger charge is 2.15. The number of oxime groups is 1. The van der Waals surface area contributed by atoms with Crippen LogP contribution < -0.4 is 0 Å². The molecule has 3 heteroatoms. The first-order valence-corrected chi connectivity index (χ1v) is 6.98. The molecule has 19 heavy (non-hydrogen) atoms. The van der Waals surface area contributed by atoms with E-state index in [-0.39, 0.29) is 5.92 Å². The Labute approximate surface area is 121 Å². The maximum Gasteiger partial charge on any atom is 0.0549 e. The molecule has 1 unspecified atom stereocenters. The monoisotopic (exact) mass is 317 g/mol. The minimum absolute atomic E-state index is 0.203. The van der Waals surface area contributed by atoms with E-state index >= 15 is 0 Å². The number of nitrogens with zero attached hydrogens (tertiary/aromatic N) is 1. The Morgan fingerprint density at radius 3 is 2.42 bits per heavy atom. The van der Waals surface area contributed by atoms with Crippen LogP contribution in [0, 0.1) is 0 Å². The van der Waals surface area contributed by atoms with Gasteiger partial charge in [0.15, 0.2) is 0 Å². The largest absolute Gasteiger partial charge is 0.411 e. The molecule has 98 valence electrons. The molecule has 0 aliphatic rings. The third-order valence-corrected chi connectivity index (χ3v) is 3.62. The molecule has 0 saturated carbocycles. The van der Waals surface area contributed by atoms with E-state index in [2.05, 4.69) is 45.4 Å². The van der Waals surface area contributed by atoms with E-state index in [4.69, 9.17) is 5.21 Å². The molecule has 0 heterocycles. The van der Waals surface area contributed by atoms with Crippen molar-refractivity contribution in [2.45, 2.75) is 19.3 Å². The molecule has 2 rings (SSSR count). The van der Waals surface area contributed by atoms with Gasteiger partial charge in [0.25, 0.3) is 0 Å². The second-order valence-electron chi connectivity index (χ2n) is 4.56. The van der Waals surface area contributed by atoms with Crippen LogP contribution in [0.3, 0.4) is 0 Å². The Morgan fingerprint density at radius 1 is 1.11 bits per heavy atom. The minimum Gasteiger partial charge on any atom is -0.411 e. The van der Waals surface area contributed by atoms with Crippen molar-refractivity contribution in [1.29, 1.82) is 0 Å². The molecule has 0 aromatic heterocycles. The van der Waals surface area contributed by atoms with Gasteiger partial charge in [0.1, 0.15) is 0 Å². The van der Waals surface area contributed by atoms with E-state index in [1.54, 1.807) is 0 Å². The van der Waals surface area contributed by atoms with Crippen molar-refractivity contribution in [2.24, 2.45) is 5.16 Å². The highest BCUT2D eigenvalue weighted by atomic mass is 79.9. The first kappa shape index (κ1) is 13.8. The Kier molecular flexibility index (Phi) is 4.74. The maximum atomic E-state index is 8.91. The van der Waals surface area contributed by atoms with Crippen LogP contribution in [0.1, 0.15) is 30.4 Å². The lowest BCUT2D eigenvalue weighted by molar-refractivity contribution is 0.317. The summed E-state index contributed by atoms with van der Waals surface area (Å²) >= 11 is 3.51. The lowest BCUT2D eigenvalue weighted by Crippen LogP contribution is -2.06. The third-order valence-electron chi connectivity index (χ3n) is 3.12. The fraction of sp³-hybridized carbons (Fsp3) is 0.188. The summed E-state index contributed by atoms with van der Waals surface area (Å²) in [5, 5.41) is 12.2. The van der Waals surface area contributed by atoms with Crippen molar-refractivity contribution in [3.8, 4) is 0 Å². The summed E-state index contributed by atoms with van der Waals surface area (Å²) in [6, 6.07) is 18.5. The van der Waals surface area contributed by atoms with Gasteiger partial charge in [-0.3, -0.25) is 0 Å². The third kappa shape index (κ3) is 3.67. The predicted molar refractivity (Wildman–Crippen MR) is 81.9 cm³/mol. The molecular weight excluding hydrogens is 302 g/mol. The van der Waals surface area contributed by atoms with E-state index in [1.165, 1.54) is 11.1 Å². The van der Waals surface area contributed by atoms with Crippen molar-refractivity contribution in [3.05, 3.63) is 70.2 Å². The Hall–Kier alpha value is -1.61. The van der Waals surface area contributed by atoms with Crippen molar-refractivity contribution >= 4 is 21.6 Å². The van der Waals surface area contributed by atoms with Gasteiger partial charge < -0.3 is 5.21 Å². The quantitative estimate of drug-likeness (QED) is 0.489. The van der Waals surface area contributed by atoms with Gasteiger partial charge in [-0.1, -0.05) is 63.6 Å². The first-order valence-electron chi connectivity index (χ1n) is 6.18. The van der Waals surface area contributed by atoms with Crippen molar-refractivity contribution in [2.75, 3.05) is 0 Å². The Morgan fingerprint density at radius 2 is 1.79 bits per heavy atom. The summed E-state index contributed by atoms with van der Waals surface area (Å²) in [4.78, 5) is 0. The molecule has 1 atom stereocenters. The van der Waals surface area contributed by atoms with E-state index in [0.29, 0.717) is 6.42 Å². The van der Waals surface area contributed by atoms with E-state index in [9.17, 15) is 0 Å². The van der Waals surface area contributed by atoms with Crippen molar-refractivity contribution in [3.63, 3.8) is 0 Å². The molecule has 0 saturated heterocycles. The van der Waals surface area contributed by atoms with Crippen LogP contribution >= 0.6 is 15.9 Å². The second-order valence-corrected chi connectivity index (χ2v) is 5.47. The molecular formula is C16H16BrNO. The lowest BCUT2D eigenvalue weighted by atomic mass is 9.87. The van der Waals surface area contributed by atoms with Crippen LogP contribution in [-0.2, 0) is 0 Å². The first-order chi connectivity index (χ1) is 9.20. The van der Waals surface area contributed by atoms with E-state index in [1.807, 2.05) is 37.3 Å². The molecule has 0 amide bonds. The summed E-state index contributed by atoms with van der Waals surface area (Å²) < 4.78 is 1.06. The van der Waals surface area contributed by atoms with Gasteiger partial charge in [0, 0.05) is 10.4 Å². The van der Waals surface area contributed by atoms with Gasteiger partial charge in [-0.25, -0.2) is 0 Å². The molecule has 0 bridgehead atoms. The summed E-state index contributed by atoms with van der Waals surface area (Å²) in [6.45, 7) is 1.84. The van der Waals surface area contributed by atoms with Gasteiger partial charge in [0.2, 0.25) is 0 Å². The van der Waals surface area contributed by atoms with Crippen LogP contribution in [0.4, 0.5) is 0 Å². The highest BCUT2D eigenvalue weighted by Crippen LogP contribution is 2.30. The van der Waals surface area contributed by atoms with Crippen molar-refractivity contribution in [1.82, 2.24) is 0 Å². The fourth-order valence-corrected chi connectivity index (χ4v) is 2.59. The highest BCUT2D eigenvalue weighted by molar-refractivity contribution is 9.10. The predicted octanol–water partition coefficient (Wildman–Crippen LogP) is 4.82. The van der Waals surface area contributed by atoms with Gasteiger partial charge >= 0.3 is 0 Å².